The quantitative estimate of drug-likeness (QED) is 0.0315. The summed E-state index contributed by atoms with van der Waals surface area (Å²) in [5, 5.41) is 95.6. The van der Waals surface area contributed by atoms with Crippen molar-refractivity contribution < 1.29 is 106 Å². The van der Waals surface area contributed by atoms with Gasteiger partial charge in [0.1, 0.15) is 66.8 Å². The van der Waals surface area contributed by atoms with Crippen LogP contribution < -0.4 is 37.6 Å². The molecule has 0 aromatic heterocycles. The van der Waals surface area contributed by atoms with Gasteiger partial charge in [0, 0.05) is 13.8 Å². The summed E-state index contributed by atoms with van der Waals surface area (Å²) in [6.07, 6.45) is -16.5. The highest BCUT2D eigenvalue weighted by molar-refractivity contribution is 7.80. The lowest BCUT2D eigenvalue weighted by molar-refractivity contribution is -0.281. The molecule has 0 saturated carbocycles. The summed E-state index contributed by atoms with van der Waals surface area (Å²) in [7, 11) is -5.21. The highest BCUT2D eigenvalue weighted by Crippen LogP contribution is 2.29. The Morgan fingerprint density at radius 1 is 0.800 bits per heavy atom. The number of rotatable bonds is 24. The van der Waals surface area contributed by atoms with Crippen LogP contribution in [-0.4, -0.2) is 226 Å². The molecule has 29 nitrogen and oxygen atoms in total. The van der Waals surface area contributed by atoms with Crippen LogP contribution >= 0.6 is 0 Å². The van der Waals surface area contributed by atoms with Crippen molar-refractivity contribution in [2.24, 2.45) is 5.73 Å². The highest BCUT2D eigenvalue weighted by Gasteiger charge is 2.51. The first-order valence-corrected chi connectivity index (χ1v) is 21.8. The molecule has 0 aromatic rings. The number of carbonyl (C=O) groups is 6. The molecule has 0 spiro atoms. The first kappa shape index (κ1) is 55.5. The second-order valence-electron chi connectivity index (χ2n) is 15.5. The zero-order valence-electron chi connectivity index (χ0n) is 35.5. The van der Waals surface area contributed by atoms with Crippen molar-refractivity contribution in [2.75, 3.05) is 33.0 Å². The third-order valence-electron chi connectivity index (χ3n) is 10.6. The molecule has 17 atom stereocenters. The molecule has 0 bridgehead atoms. The third-order valence-corrected chi connectivity index (χ3v) is 11.1. The Hall–Kier alpha value is -3.83. The Morgan fingerprint density at radius 2 is 1.40 bits per heavy atom. The SMILES string of the molecule is CC(=O)N[C@@H]1[C@H](O[C@H](C)[C@H](NC(=O)[C@H](CCCCN)NC(=O)[C@@H]2C[C@@H](O[C@H]3O[C@@H](CO)[C@@H](OS(=O)(=O)O)[C@H](O)[C@@H]3NC(C)=O)C(CO)N2)C(=O)N[C@@H](CO)C(=O)O)O[C@@H](CO)[C@@H](O)[C@H]1O. The van der Waals surface area contributed by atoms with Gasteiger partial charge in [0.25, 0.3) is 0 Å². The molecule has 3 fully saturated rings. The lowest BCUT2D eigenvalue weighted by atomic mass is 9.96. The number of carbonyl (C=O) groups excluding carboxylic acids is 5. The molecule has 3 aliphatic rings. The molecule has 3 heterocycles. The van der Waals surface area contributed by atoms with Crippen LogP contribution in [0.5, 0.6) is 0 Å². The summed E-state index contributed by atoms with van der Waals surface area (Å²) >= 11 is 0. The largest absolute Gasteiger partial charge is 0.480 e. The number of nitrogens with one attached hydrogen (secondary N) is 6. The fraction of sp³-hybridized carbons (Fsp3) is 0.829. The van der Waals surface area contributed by atoms with Crippen LogP contribution in [-0.2, 0) is 62.3 Å². The van der Waals surface area contributed by atoms with E-state index in [2.05, 4.69) is 30.8 Å². The second-order valence-corrected chi connectivity index (χ2v) is 16.6. The summed E-state index contributed by atoms with van der Waals surface area (Å²) < 4.78 is 59.7. The van der Waals surface area contributed by atoms with Gasteiger partial charge in [-0.1, -0.05) is 0 Å². The summed E-state index contributed by atoms with van der Waals surface area (Å²) in [6.45, 7) is -0.108. The smallest absolute Gasteiger partial charge is 0.397 e. The van der Waals surface area contributed by atoms with E-state index in [-0.39, 0.29) is 25.8 Å². The number of aliphatic carboxylic acids is 1. The molecular weight excluding hydrogens is 902 g/mol. The van der Waals surface area contributed by atoms with Gasteiger partial charge in [0.2, 0.25) is 29.5 Å². The van der Waals surface area contributed by atoms with E-state index < -0.39 is 176 Å². The van der Waals surface area contributed by atoms with E-state index in [0.717, 1.165) is 13.8 Å². The molecule has 3 aliphatic heterocycles. The van der Waals surface area contributed by atoms with Crippen LogP contribution in [0.25, 0.3) is 0 Å². The molecular formula is C35H61N7O22S. The van der Waals surface area contributed by atoms with Crippen LogP contribution in [0.1, 0.15) is 46.5 Å². The maximum absolute atomic E-state index is 14.1. The van der Waals surface area contributed by atoms with Crippen molar-refractivity contribution in [3.05, 3.63) is 0 Å². The maximum Gasteiger partial charge on any atom is 0.397 e. The Bertz CT molecular complexity index is 1740. The fourth-order valence-corrected chi connectivity index (χ4v) is 7.86. The number of unbranched alkanes of at least 4 members (excludes halogenated alkanes) is 1. The molecule has 3 saturated heterocycles. The lowest BCUT2D eigenvalue weighted by Gasteiger charge is -2.44. The van der Waals surface area contributed by atoms with E-state index in [1.807, 2.05) is 5.32 Å². The topological polar surface area (TPSA) is 463 Å². The number of aliphatic hydroxyl groups is 7. The minimum atomic E-state index is -5.21. The first-order valence-electron chi connectivity index (χ1n) is 20.4. The minimum absolute atomic E-state index is 0.108. The first-order chi connectivity index (χ1) is 30.5. The normalized spacial score (nSPS) is 32.3. The number of nitrogens with two attached hydrogens (primary N) is 1. The van der Waals surface area contributed by atoms with E-state index in [4.69, 9.17) is 24.7 Å². The number of carboxylic acid groups (broad SMARTS) is 1. The number of aliphatic hydroxyl groups excluding tert-OH is 7. The van der Waals surface area contributed by atoms with Gasteiger partial charge in [-0.05, 0) is 39.2 Å². The molecule has 30 heteroatoms. The molecule has 0 radical (unpaired) electrons. The van der Waals surface area contributed by atoms with Gasteiger partial charge in [0.15, 0.2) is 12.6 Å². The average Bonchev–Trinajstić information content (AvgIpc) is 3.65. The number of carboxylic acids is 1. The maximum atomic E-state index is 14.1. The fourth-order valence-electron chi connectivity index (χ4n) is 7.34. The van der Waals surface area contributed by atoms with Crippen LogP contribution in [0.4, 0.5) is 0 Å². The molecule has 17 N–H and O–H groups in total. The van der Waals surface area contributed by atoms with Gasteiger partial charge in [-0.3, -0.25) is 33.8 Å². The lowest BCUT2D eigenvalue weighted by Crippen LogP contribution is -2.66. The Labute approximate surface area is 371 Å². The van der Waals surface area contributed by atoms with Crippen molar-refractivity contribution >= 4 is 45.9 Å². The zero-order valence-corrected chi connectivity index (χ0v) is 36.3. The molecule has 3 rings (SSSR count). The van der Waals surface area contributed by atoms with Gasteiger partial charge in [0.05, 0.1) is 50.7 Å². The number of hydrogen-bond donors (Lipinski definition) is 16. The molecule has 5 amide bonds. The molecule has 1 unspecified atom stereocenters. The van der Waals surface area contributed by atoms with Crippen molar-refractivity contribution in [3.8, 4) is 0 Å². The Morgan fingerprint density at radius 3 is 1.92 bits per heavy atom. The van der Waals surface area contributed by atoms with Gasteiger partial charge in [-0.25, -0.2) is 8.98 Å². The highest BCUT2D eigenvalue weighted by atomic mass is 32.3. The molecule has 65 heavy (non-hydrogen) atoms. The monoisotopic (exact) mass is 963 g/mol. The predicted molar refractivity (Wildman–Crippen MR) is 212 cm³/mol. The van der Waals surface area contributed by atoms with Crippen LogP contribution in [0.3, 0.4) is 0 Å². The van der Waals surface area contributed by atoms with E-state index >= 15 is 0 Å². The summed E-state index contributed by atoms with van der Waals surface area (Å²) in [5.74, 6) is -6.29. The zero-order chi connectivity index (χ0) is 48.9. The van der Waals surface area contributed by atoms with Gasteiger partial charge in [-0.2, -0.15) is 8.42 Å². The Kier molecular flexibility index (Phi) is 21.6. The van der Waals surface area contributed by atoms with Crippen LogP contribution in [0.15, 0.2) is 0 Å². The van der Waals surface area contributed by atoms with Crippen molar-refractivity contribution in [2.45, 2.75) is 150 Å². The standard InChI is InChI=1S/C35H61N7O22S/c1-13(60-34-24(37-14(2)47)27(50)26(49)21(11-45)62-34)23(32(54)41-19(10-44)33(55)56)42-30(52)16(6-4-5-7-36)40-31(53)17-8-20(18(9-43)39-17)61-35-25(38-15(3)48)28(51)29(22(12-46)63-35)64-65(57,58)59/h13,16-29,34-35,39,43-46,49-51H,4-12,36H2,1-3H3,(H,37,47)(H,38,48)(H,40,53)(H,41,54)(H,42,52)(H,55,56)(H,57,58,59)/t13-,16+,17+,18?,19+,20-,21+,22+,23+,24+,25+,26-,27+,28-,29-,34-,35+/m1/s1. The Balaban J connectivity index is 1.88. The van der Waals surface area contributed by atoms with E-state index in [1.165, 1.54) is 6.92 Å². The molecule has 0 aromatic carbocycles. The van der Waals surface area contributed by atoms with Gasteiger partial charge >= 0.3 is 16.4 Å². The third kappa shape index (κ3) is 15.6. The van der Waals surface area contributed by atoms with Crippen LogP contribution in [0, 0.1) is 0 Å². The van der Waals surface area contributed by atoms with Crippen molar-refractivity contribution in [3.63, 3.8) is 0 Å². The average molecular weight is 964 g/mol. The molecule has 374 valence electrons. The van der Waals surface area contributed by atoms with E-state index in [0.29, 0.717) is 6.42 Å². The number of hydrogen-bond acceptors (Lipinski definition) is 22. The summed E-state index contributed by atoms with van der Waals surface area (Å²) in [5.41, 5.74) is 5.66. The number of ether oxygens (including phenoxy) is 4. The van der Waals surface area contributed by atoms with E-state index in [1.54, 1.807) is 0 Å². The van der Waals surface area contributed by atoms with Crippen LogP contribution in [0.2, 0.25) is 0 Å². The van der Waals surface area contributed by atoms with Crippen molar-refractivity contribution in [1.29, 1.82) is 0 Å². The van der Waals surface area contributed by atoms with Crippen molar-refractivity contribution in [1.82, 2.24) is 31.9 Å². The summed E-state index contributed by atoms with van der Waals surface area (Å²) in [6, 6.07) is -10.7. The predicted octanol–water partition coefficient (Wildman–Crippen LogP) is -9.13. The van der Waals surface area contributed by atoms with Gasteiger partial charge < -0.3 is 92.1 Å². The van der Waals surface area contributed by atoms with Gasteiger partial charge in [-0.15, -0.1) is 0 Å². The minimum Gasteiger partial charge on any atom is -0.480 e. The van der Waals surface area contributed by atoms with E-state index in [9.17, 15) is 82.6 Å². The summed E-state index contributed by atoms with van der Waals surface area (Å²) in [4.78, 5) is 77.4. The molecule has 0 aliphatic carbocycles. The second kappa shape index (κ2) is 25.3. The number of amides is 5.